The molecule has 0 radical (unpaired) electrons. The lowest BCUT2D eigenvalue weighted by atomic mass is 9.98. The van der Waals surface area contributed by atoms with E-state index in [2.05, 4.69) is 51.3 Å². The lowest BCUT2D eigenvalue weighted by molar-refractivity contribution is 1.13. The Morgan fingerprint density at radius 1 is 0.593 bits per heavy atom. The van der Waals surface area contributed by atoms with Gasteiger partial charge in [-0.1, -0.05) is 18.2 Å². The minimum Gasteiger partial charge on any atom is -0.378 e. The third-order valence-corrected chi connectivity index (χ3v) is 4.52. The van der Waals surface area contributed by atoms with Gasteiger partial charge < -0.3 is 4.90 Å². The van der Waals surface area contributed by atoms with E-state index in [1.807, 2.05) is 38.4 Å². The van der Waals surface area contributed by atoms with Crippen molar-refractivity contribution in [1.82, 2.24) is 15.0 Å². The third kappa shape index (κ3) is 3.55. The van der Waals surface area contributed by atoms with Crippen molar-refractivity contribution in [1.29, 1.82) is 0 Å². The van der Waals surface area contributed by atoms with Crippen LogP contribution in [0.5, 0.6) is 0 Å². The zero-order valence-electron chi connectivity index (χ0n) is 15.4. The minimum atomic E-state index is 0.929. The smallest absolute Gasteiger partial charge is 0.0788 e. The summed E-state index contributed by atoms with van der Waals surface area (Å²) in [4.78, 5) is 15.3. The molecular weight excluding hydrogens is 332 g/mol. The van der Waals surface area contributed by atoms with Gasteiger partial charge in [-0.25, -0.2) is 4.98 Å². The summed E-state index contributed by atoms with van der Waals surface area (Å²) in [6.07, 6.45) is 7.18. The summed E-state index contributed by atoms with van der Waals surface area (Å²) >= 11 is 0. The van der Waals surface area contributed by atoms with Crippen LogP contribution in [0.3, 0.4) is 0 Å². The zero-order valence-corrected chi connectivity index (χ0v) is 15.4. The van der Waals surface area contributed by atoms with Crippen molar-refractivity contribution in [3.63, 3.8) is 0 Å². The molecule has 0 fully saturated rings. The van der Waals surface area contributed by atoms with E-state index in [0.29, 0.717) is 0 Å². The minimum absolute atomic E-state index is 0.929. The normalized spacial score (nSPS) is 10.6. The number of rotatable bonds is 4. The number of hydrogen-bond acceptors (Lipinski definition) is 4. The summed E-state index contributed by atoms with van der Waals surface area (Å²) in [5, 5.41) is 0. The SMILES string of the molecule is CN(C)c1ccc(-c2ccc(-c3ccncc3)nc2-c2ccncc2)cc1. The number of nitrogens with zero attached hydrogens (tertiary/aromatic N) is 4. The van der Waals surface area contributed by atoms with Crippen LogP contribution in [-0.4, -0.2) is 29.0 Å². The topological polar surface area (TPSA) is 41.9 Å². The molecule has 0 spiro atoms. The van der Waals surface area contributed by atoms with Gasteiger partial charge in [0.1, 0.15) is 0 Å². The molecule has 0 saturated carbocycles. The molecule has 0 aliphatic rings. The van der Waals surface area contributed by atoms with Crippen LogP contribution in [0.25, 0.3) is 33.6 Å². The van der Waals surface area contributed by atoms with E-state index in [9.17, 15) is 0 Å². The molecule has 3 heterocycles. The molecule has 0 amide bonds. The molecule has 132 valence electrons. The van der Waals surface area contributed by atoms with Crippen molar-refractivity contribution >= 4 is 5.69 Å². The number of aromatic nitrogens is 3. The van der Waals surface area contributed by atoms with Crippen molar-refractivity contribution in [2.75, 3.05) is 19.0 Å². The van der Waals surface area contributed by atoms with E-state index in [0.717, 1.165) is 33.6 Å². The highest BCUT2D eigenvalue weighted by molar-refractivity contribution is 5.83. The second kappa shape index (κ2) is 7.38. The first-order valence-corrected chi connectivity index (χ1v) is 8.82. The Morgan fingerprint density at radius 3 is 1.78 bits per heavy atom. The quantitative estimate of drug-likeness (QED) is 0.522. The summed E-state index contributed by atoms with van der Waals surface area (Å²) in [5.41, 5.74) is 7.39. The van der Waals surface area contributed by atoms with Gasteiger partial charge >= 0.3 is 0 Å². The van der Waals surface area contributed by atoms with Crippen LogP contribution in [-0.2, 0) is 0 Å². The fourth-order valence-electron chi connectivity index (χ4n) is 3.04. The van der Waals surface area contributed by atoms with Gasteiger partial charge in [0.25, 0.3) is 0 Å². The Morgan fingerprint density at radius 2 is 1.19 bits per heavy atom. The Hall–Kier alpha value is -3.53. The van der Waals surface area contributed by atoms with Crippen LogP contribution >= 0.6 is 0 Å². The Labute approximate surface area is 159 Å². The molecule has 4 nitrogen and oxygen atoms in total. The van der Waals surface area contributed by atoms with Crippen LogP contribution in [0.4, 0.5) is 5.69 Å². The van der Waals surface area contributed by atoms with Crippen LogP contribution in [0.2, 0.25) is 0 Å². The maximum absolute atomic E-state index is 4.98. The maximum atomic E-state index is 4.98. The fourth-order valence-corrected chi connectivity index (χ4v) is 3.04. The second-order valence-corrected chi connectivity index (χ2v) is 6.51. The summed E-state index contributed by atoms with van der Waals surface area (Å²) in [6, 6.07) is 20.7. The molecule has 0 aliphatic carbocycles. The standard InChI is InChI=1S/C23H20N4/c1-27(2)20-5-3-17(4-6-20)21-7-8-22(18-9-13-24-14-10-18)26-23(21)19-11-15-25-16-12-19/h3-16H,1-2H3. The molecule has 0 bridgehead atoms. The Bertz CT molecular complexity index is 1030. The van der Waals surface area contributed by atoms with Gasteiger partial charge in [0.15, 0.2) is 0 Å². The number of anilines is 1. The van der Waals surface area contributed by atoms with Gasteiger partial charge in [0.05, 0.1) is 11.4 Å². The average molecular weight is 352 g/mol. The first kappa shape index (κ1) is 16.9. The molecular formula is C23H20N4. The molecule has 3 aromatic heterocycles. The fraction of sp³-hybridized carbons (Fsp3) is 0.0870. The molecule has 1 aromatic carbocycles. The average Bonchev–Trinajstić information content (AvgIpc) is 2.75. The Balaban J connectivity index is 1.86. The maximum Gasteiger partial charge on any atom is 0.0788 e. The molecule has 0 atom stereocenters. The van der Waals surface area contributed by atoms with Crippen LogP contribution < -0.4 is 4.90 Å². The predicted molar refractivity (Wildman–Crippen MR) is 110 cm³/mol. The molecule has 0 saturated heterocycles. The van der Waals surface area contributed by atoms with Gasteiger partial charge in [-0.3, -0.25) is 9.97 Å². The first-order valence-electron chi connectivity index (χ1n) is 8.82. The molecule has 27 heavy (non-hydrogen) atoms. The monoisotopic (exact) mass is 352 g/mol. The summed E-state index contributed by atoms with van der Waals surface area (Å²) in [6.45, 7) is 0. The van der Waals surface area contributed by atoms with E-state index in [1.165, 1.54) is 5.69 Å². The molecule has 0 unspecified atom stereocenters. The van der Waals surface area contributed by atoms with E-state index in [1.54, 1.807) is 24.8 Å². The van der Waals surface area contributed by atoms with Crippen molar-refractivity contribution < 1.29 is 0 Å². The molecule has 4 heteroatoms. The van der Waals surface area contributed by atoms with Crippen molar-refractivity contribution in [3.05, 3.63) is 85.5 Å². The van der Waals surface area contributed by atoms with Gasteiger partial charge in [0.2, 0.25) is 0 Å². The van der Waals surface area contributed by atoms with Gasteiger partial charge in [-0.2, -0.15) is 0 Å². The summed E-state index contributed by atoms with van der Waals surface area (Å²) < 4.78 is 0. The van der Waals surface area contributed by atoms with Gasteiger partial charge in [0, 0.05) is 61.3 Å². The van der Waals surface area contributed by atoms with Crippen LogP contribution in [0, 0.1) is 0 Å². The Kier molecular flexibility index (Phi) is 4.62. The zero-order chi connectivity index (χ0) is 18.6. The van der Waals surface area contributed by atoms with Gasteiger partial charge in [-0.05, 0) is 48.0 Å². The molecule has 0 N–H and O–H groups in total. The van der Waals surface area contributed by atoms with E-state index in [-0.39, 0.29) is 0 Å². The summed E-state index contributed by atoms with van der Waals surface area (Å²) in [7, 11) is 4.09. The second-order valence-electron chi connectivity index (χ2n) is 6.51. The predicted octanol–water partition coefficient (Wildman–Crippen LogP) is 4.94. The lowest BCUT2D eigenvalue weighted by Gasteiger charge is -2.15. The summed E-state index contributed by atoms with van der Waals surface area (Å²) in [5.74, 6) is 0. The van der Waals surface area contributed by atoms with Gasteiger partial charge in [-0.15, -0.1) is 0 Å². The van der Waals surface area contributed by atoms with Crippen LogP contribution in [0.15, 0.2) is 85.5 Å². The molecule has 4 aromatic rings. The molecule has 0 aliphatic heterocycles. The number of benzene rings is 1. The highest BCUT2D eigenvalue weighted by Crippen LogP contribution is 2.33. The first-order chi connectivity index (χ1) is 13.2. The highest BCUT2D eigenvalue weighted by atomic mass is 15.1. The van der Waals surface area contributed by atoms with Crippen molar-refractivity contribution in [3.8, 4) is 33.6 Å². The van der Waals surface area contributed by atoms with E-state index < -0.39 is 0 Å². The lowest BCUT2D eigenvalue weighted by Crippen LogP contribution is -2.07. The number of hydrogen-bond donors (Lipinski definition) is 0. The molecule has 4 rings (SSSR count). The van der Waals surface area contributed by atoms with E-state index in [4.69, 9.17) is 4.98 Å². The van der Waals surface area contributed by atoms with E-state index >= 15 is 0 Å². The van der Waals surface area contributed by atoms with Crippen molar-refractivity contribution in [2.24, 2.45) is 0 Å². The third-order valence-electron chi connectivity index (χ3n) is 4.52. The number of pyridine rings is 3. The largest absolute Gasteiger partial charge is 0.378 e. The van der Waals surface area contributed by atoms with Crippen LogP contribution in [0.1, 0.15) is 0 Å². The highest BCUT2D eigenvalue weighted by Gasteiger charge is 2.12. The van der Waals surface area contributed by atoms with Crippen molar-refractivity contribution in [2.45, 2.75) is 0 Å².